The first-order chi connectivity index (χ1) is 16.2. The quantitative estimate of drug-likeness (QED) is 0.300. The monoisotopic (exact) mass is 445 g/mol. The van der Waals surface area contributed by atoms with E-state index in [4.69, 9.17) is 4.42 Å². The number of fused-ring (bicyclic) bond motifs is 3. The summed E-state index contributed by atoms with van der Waals surface area (Å²) in [5.74, 6) is 0. The smallest absolute Gasteiger partial charge is 0.172 e. The number of hydrogen-bond donors (Lipinski definition) is 0. The lowest BCUT2D eigenvalue weighted by Gasteiger charge is -2.20. The molecule has 0 aliphatic rings. The first-order valence-electron chi connectivity index (χ1n) is 10.8. The molecule has 0 radical (unpaired) electrons. The highest BCUT2D eigenvalue weighted by Crippen LogP contribution is 2.43. The Labute approximate surface area is 191 Å². The van der Waals surface area contributed by atoms with Gasteiger partial charge in [-0.1, -0.05) is 97.1 Å². The molecule has 0 amide bonds. The zero-order valence-electron chi connectivity index (χ0n) is 17.8. The molecule has 2 aromatic heterocycles. The van der Waals surface area contributed by atoms with E-state index in [0.717, 1.165) is 43.7 Å². The molecule has 33 heavy (non-hydrogen) atoms. The fourth-order valence-electron chi connectivity index (χ4n) is 4.44. The van der Waals surface area contributed by atoms with Gasteiger partial charge in [0.1, 0.15) is 11.2 Å². The van der Waals surface area contributed by atoms with Crippen LogP contribution in [0.15, 0.2) is 126 Å². The summed E-state index contributed by atoms with van der Waals surface area (Å²) in [4.78, 5) is 4.52. The van der Waals surface area contributed by atoms with Gasteiger partial charge in [-0.2, -0.15) is 0 Å². The Kier molecular flexibility index (Phi) is 4.71. The van der Waals surface area contributed by atoms with Crippen molar-refractivity contribution in [2.75, 3.05) is 0 Å². The van der Waals surface area contributed by atoms with Crippen molar-refractivity contribution in [3.8, 4) is 11.1 Å². The van der Waals surface area contributed by atoms with Crippen LogP contribution in [0.3, 0.4) is 0 Å². The number of aromatic nitrogens is 1. The Morgan fingerprint density at radius 3 is 1.97 bits per heavy atom. The Bertz CT molecular complexity index is 1600. The van der Waals surface area contributed by atoms with Gasteiger partial charge in [0, 0.05) is 50.2 Å². The molecule has 158 valence electrons. The third-order valence-corrected chi connectivity index (χ3v) is 9.06. The minimum Gasteiger partial charge on any atom is -0.455 e. The van der Waals surface area contributed by atoms with Crippen molar-refractivity contribution in [3.05, 3.63) is 122 Å². The molecule has 0 saturated carbocycles. The molecule has 0 aliphatic heterocycles. The summed E-state index contributed by atoms with van der Waals surface area (Å²) in [6, 6.07) is 35.5. The lowest BCUT2D eigenvalue weighted by molar-refractivity contribution is 0.592. The maximum Gasteiger partial charge on any atom is 0.172 e. The molecular formula is C29H20NO2P. The van der Waals surface area contributed by atoms with E-state index in [-0.39, 0.29) is 0 Å². The maximum atomic E-state index is 14.7. The molecule has 0 atom stereocenters. The van der Waals surface area contributed by atoms with E-state index < -0.39 is 7.14 Å². The molecule has 0 saturated heterocycles. The minimum atomic E-state index is -3.11. The van der Waals surface area contributed by atoms with Gasteiger partial charge in [0.25, 0.3) is 0 Å². The molecule has 6 rings (SSSR count). The van der Waals surface area contributed by atoms with Crippen LogP contribution in [0.4, 0.5) is 0 Å². The number of pyridine rings is 1. The van der Waals surface area contributed by atoms with Crippen LogP contribution in [0.2, 0.25) is 0 Å². The molecule has 4 aromatic carbocycles. The van der Waals surface area contributed by atoms with Crippen LogP contribution in [0.5, 0.6) is 0 Å². The second-order valence-corrected chi connectivity index (χ2v) is 10.8. The molecule has 0 fully saturated rings. The second kappa shape index (κ2) is 7.88. The average Bonchev–Trinajstić information content (AvgIpc) is 3.28. The van der Waals surface area contributed by atoms with Crippen molar-refractivity contribution in [3.63, 3.8) is 0 Å². The molecule has 3 nitrogen and oxygen atoms in total. The van der Waals surface area contributed by atoms with Gasteiger partial charge in [-0.25, -0.2) is 0 Å². The number of benzene rings is 4. The molecule has 0 bridgehead atoms. The highest BCUT2D eigenvalue weighted by molar-refractivity contribution is 7.85. The Balaban J connectivity index is 1.58. The third kappa shape index (κ3) is 3.21. The Morgan fingerprint density at radius 1 is 0.606 bits per heavy atom. The SMILES string of the molecule is O=P(c1ccccc1)(c1ccccc1)c1cncc(-c2cccc3c2oc2ccccc23)c1. The normalized spacial score (nSPS) is 11.8. The van der Waals surface area contributed by atoms with E-state index in [9.17, 15) is 4.57 Å². The van der Waals surface area contributed by atoms with E-state index >= 15 is 0 Å². The number of nitrogens with zero attached hydrogens (tertiary/aromatic N) is 1. The van der Waals surface area contributed by atoms with Gasteiger partial charge in [0.05, 0.1) is 0 Å². The number of para-hydroxylation sites is 2. The van der Waals surface area contributed by atoms with E-state index in [2.05, 4.69) is 17.1 Å². The van der Waals surface area contributed by atoms with Crippen molar-refractivity contribution >= 4 is 45.0 Å². The van der Waals surface area contributed by atoms with Crippen LogP contribution in [0.1, 0.15) is 0 Å². The van der Waals surface area contributed by atoms with Crippen molar-refractivity contribution in [2.24, 2.45) is 0 Å². The zero-order chi connectivity index (χ0) is 22.3. The molecular weight excluding hydrogens is 425 g/mol. The average molecular weight is 445 g/mol. The zero-order valence-corrected chi connectivity index (χ0v) is 18.7. The number of furan rings is 1. The van der Waals surface area contributed by atoms with Gasteiger partial charge in [0.2, 0.25) is 0 Å². The largest absolute Gasteiger partial charge is 0.455 e. The lowest BCUT2D eigenvalue weighted by atomic mass is 10.0. The standard InChI is InChI=1S/C29H20NO2P/c31-33(22-10-3-1-4-11-22,23-12-5-2-6-13-23)24-18-21(19-30-20-24)25-15-9-16-27-26-14-7-8-17-28(26)32-29(25)27/h1-20H. The minimum absolute atomic E-state index is 0.700. The van der Waals surface area contributed by atoms with Gasteiger partial charge >= 0.3 is 0 Å². The molecule has 0 spiro atoms. The second-order valence-electron chi connectivity index (χ2n) is 7.99. The highest BCUT2D eigenvalue weighted by atomic mass is 31.2. The Hall–Kier alpha value is -3.94. The van der Waals surface area contributed by atoms with E-state index in [1.54, 1.807) is 6.20 Å². The summed E-state index contributed by atoms with van der Waals surface area (Å²) in [6.45, 7) is 0. The molecule has 0 N–H and O–H groups in total. The van der Waals surface area contributed by atoms with E-state index in [1.807, 2.05) is 103 Å². The van der Waals surface area contributed by atoms with Crippen LogP contribution in [0, 0.1) is 0 Å². The van der Waals surface area contributed by atoms with Gasteiger partial charge in [-0.05, 0) is 12.1 Å². The Morgan fingerprint density at radius 2 is 1.24 bits per heavy atom. The third-order valence-electron chi connectivity index (χ3n) is 6.04. The summed E-state index contributed by atoms with van der Waals surface area (Å²) in [6.07, 6.45) is 3.54. The molecule has 4 heteroatoms. The fourth-order valence-corrected chi connectivity index (χ4v) is 7.07. The van der Waals surface area contributed by atoms with Crippen LogP contribution in [-0.4, -0.2) is 4.98 Å². The van der Waals surface area contributed by atoms with Crippen molar-refractivity contribution < 1.29 is 8.98 Å². The van der Waals surface area contributed by atoms with E-state index in [1.165, 1.54) is 0 Å². The number of rotatable bonds is 4. The van der Waals surface area contributed by atoms with Gasteiger partial charge in [-0.15, -0.1) is 0 Å². The first-order valence-corrected chi connectivity index (χ1v) is 12.5. The number of hydrogen-bond acceptors (Lipinski definition) is 3. The first kappa shape index (κ1) is 19.7. The molecule has 6 aromatic rings. The van der Waals surface area contributed by atoms with Crippen LogP contribution in [0.25, 0.3) is 33.1 Å². The van der Waals surface area contributed by atoms with Crippen molar-refractivity contribution in [2.45, 2.75) is 0 Å². The molecule has 0 aliphatic carbocycles. The predicted molar refractivity (Wildman–Crippen MR) is 136 cm³/mol. The molecule has 0 unspecified atom stereocenters. The molecule has 2 heterocycles. The predicted octanol–water partition coefficient (Wildman–Crippen LogP) is 6.29. The highest BCUT2D eigenvalue weighted by Gasteiger charge is 2.30. The fraction of sp³-hybridized carbons (Fsp3) is 0. The van der Waals surface area contributed by atoms with Crippen molar-refractivity contribution in [1.29, 1.82) is 0 Å². The summed E-state index contributed by atoms with van der Waals surface area (Å²) in [7, 11) is -3.11. The van der Waals surface area contributed by atoms with E-state index in [0.29, 0.717) is 5.30 Å². The lowest BCUT2D eigenvalue weighted by Crippen LogP contribution is -2.25. The summed E-state index contributed by atoms with van der Waals surface area (Å²) < 4.78 is 21.0. The topological polar surface area (TPSA) is 43.1 Å². The summed E-state index contributed by atoms with van der Waals surface area (Å²) >= 11 is 0. The van der Waals surface area contributed by atoms with Gasteiger partial charge in [-0.3, -0.25) is 4.98 Å². The van der Waals surface area contributed by atoms with Gasteiger partial charge in [0.15, 0.2) is 7.14 Å². The van der Waals surface area contributed by atoms with Crippen LogP contribution >= 0.6 is 7.14 Å². The maximum absolute atomic E-state index is 14.7. The van der Waals surface area contributed by atoms with Crippen LogP contribution < -0.4 is 15.9 Å². The summed E-state index contributed by atoms with van der Waals surface area (Å²) in [5, 5.41) is 4.42. The van der Waals surface area contributed by atoms with Gasteiger partial charge < -0.3 is 8.98 Å². The van der Waals surface area contributed by atoms with Crippen LogP contribution in [-0.2, 0) is 4.57 Å². The van der Waals surface area contributed by atoms with Crippen molar-refractivity contribution in [1.82, 2.24) is 4.98 Å². The summed E-state index contributed by atoms with van der Waals surface area (Å²) in [5.41, 5.74) is 3.48.